The van der Waals surface area contributed by atoms with Crippen LogP contribution in [-0.2, 0) is 9.59 Å². The van der Waals surface area contributed by atoms with Crippen LogP contribution >= 0.6 is 0 Å². The Hall–Kier alpha value is -1.08. The molecule has 0 rings (SSSR count). The molecule has 0 atom stereocenters. The quantitative estimate of drug-likeness (QED) is 0.567. The molecule has 50 valence electrons. The fourth-order valence-electron chi connectivity index (χ4n) is 0.345. The van der Waals surface area contributed by atoms with Gasteiger partial charge in [0.2, 0.25) is 0 Å². The summed E-state index contributed by atoms with van der Waals surface area (Å²) in [7, 11) is 0. The number of hydrogen-bond donors (Lipinski definition) is 1. The van der Waals surface area contributed by atoms with Crippen LogP contribution in [0, 0.1) is 0 Å². The number of carboxylic acid groups (broad SMARTS) is 1. The van der Waals surface area contributed by atoms with E-state index >= 15 is 0 Å². The molecule has 0 unspecified atom stereocenters. The molecule has 9 heavy (non-hydrogen) atoms. The Labute approximate surface area is 53.0 Å². The van der Waals surface area contributed by atoms with Crippen molar-refractivity contribution in [3.63, 3.8) is 0 Å². The van der Waals surface area contributed by atoms with Gasteiger partial charge in [0.15, 0.2) is 0 Å². The van der Waals surface area contributed by atoms with Crippen molar-refractivity contribution in [1.29, 1.82) is 0 Å². The molecule has 0 aliphatic rings. The maximum atomic E-state index is 9.88. The van der Waals surface area contributed by atoms with E-state index in [0.717, 1.165) is 0 Å². The average molecular weight is 128 g/mol. The molecule has 0 radical (unpaired) electrons. The fraction of sp³-hybridized carbons (Fsp3) is 0.500. The van der Waals surface area contributed by atoms with Crippen molar-refractivity contribution in [2.24, 2.45) is 0 Å². The number of carboxylic acids is 1. The first-order chi connectivity index (χ1) is 4.16. The van der Waals surface area contributed by atoms with E-state index in [9.17, 15) is 9.59 Å². The first kappa shape index (κ1) is 7.92. The van der Waals surface area contributed by atoms with Crippen molar-refractivity contribution in [3.05, 3.63) is 5.57 Å². The van der Waals surface area contributed by atoms with Gasteiger partial charge in [-0.1, -0.05) is 0 Å². The van der Waals surface area contributed by atoms with Gasteiger partial charge in [-0.2, -0.15) is 0 Å². The molecule has 0 spiro atoms. The molecule has 0 amide bonds. The van der Waals surface area contributed by atoms with E-state index in [1.165, 1.54) is 0 Å². The van der Waals surface area contributed by atoms with Crippen LogP contribution in [0.2, 0.25) is 0 Å². The molecule has 0 saturated heterocycles. The number of carbonyl (C=O) groups excluding carboxylic acids is 1. The predicted octanol–water partition coefficient (Wildman–Crippen LogP) is 0.629. The molecule has 0 fully saturated rings. The molecular weight excluding hydrogens is 120 g/mol. The van der Waals surface area contributed by atoms with Crippen molar-refractivity contribution in [2.45, 2.75) is 19.8 Å². The Morgan fingerprint density at radius 3 is 2.44 bits per heavy atom. The highest BCUT2D eigenvalue weighted by Gasteiger charge is 1.96. The zero-order valence-corrected chi connectivity index (χ0v) is 5.18. The normalized spacial score (nSPS) is 8.11. The molecule has 0 bridgehead atoms. The highest BCUT2D eigenvalue weighted by atomic mass is 16.4. The number of rotatable bonds is 3. The minimum absolute atomic E-state index is 0.0150. The van der Waals surface area contributed by atoms with E-state index in [0.29, 0.717) is 12.0 Å². The molecule has 0 saturated carbocycles. The van der Waals surface area contributed by atoms with Crippen LogP contribution in [0.4, 0.5) is 0 Å². The van der Waals surface area contributed by atoms with Crippen molar-refractivity contribution >= 4 is 11.9 Å². The molecule has 1 N–H and O–H groups in total. The largest absolute Gasteiger partial charge is 0.481 e. The zero-order valence-electron chi connectivity index (χ0n) is 5.18. The number of hydrogen-bond acceptors (Lipinski definition) is 2. The lowest BCUT2D eigenvalue weighted by Crippen LogP contribution is -1.94. The van der Waals surface area contributed by atoms with Crippen LogP contribution in [0.1, 0.15) is 19.8 Å². The second-order valence-electron chi connectivity index (χ2n) is 1.78. The third-order valence-corrected chi connectivity index (χ3v) is 0.888. The smallest absolute Gasteiger partial charge is 0.303 e. The summed E-state index contributed by atoms with van der Waals surface area (Å²) in [5.41, 5.74) is 0.456. The van der Waals surface area contributed by atoms with Gasteiger partial charge in [0.25, 0.3) is 0 Å². The van der Waals surface area contributed by atoms with Crippen molar-refractivity contribution in [2.75, 3.05) is 0 Å². The Morgan fingerprint density at radius 1 is 1.56 bits per heavy atom. The van der Waals surface area contributed by atoms with E-state index in [-0.39, 0.29) is 6.42 Å². The summed E-state index contributed by atoms with van der Waals surface area (Å²) in [5.74, 6) is 0.739. The Balaban J connectivity index is 3.52. The number of carbonyl (C=O) groups is 1. The summed E-state index contributed by atoms with van der Waals surface area (Å²) in [5, 5.41) is 8.11. The summed E-state index contributed by atoms with van der Waals surface area (Å²) in [6.07, 6.45) is 0.319. The summed E-state index contributed by atoms with van der Waals surface area (Å²) in [4.78, 5) is 19.6. The van der Waals surface area contributed by atoms with E-state index in [2.05, 4.69) is 0 Å². The maximum Gasteiger partial charge on any atom is 0.303 e. The summed E-state index contributed by atoms with van der Waals surface area (Å²) < 4.78 is 0. The van der Waals surface area contributed by atoms with Gasteiger partial charge in [-0.25, -0.2) is 4.79 Å². The molecule has 0 heterocycles. The van der Waals surface area contributed by atoms with E-state index in [1.807, 2.05) is 0 Å². The second-order valence-corrected chi connectivity index (χ2v) is 1.78. The van der Waals surface area contributed by atoms with Gasteiger partial charge in [-0.3, -0.25) is 4.79 Å². The maximum absolute atomic E-state index is 9.88. The van der Waals surface area contributed by atoms with E-state index in [4.69, 9.17) is 5.11 Å². The lowest BCUT2D eigenvalue weighted by molar-refractivity contribution is -0.136. The lowest BCUT2D eigenvalue weighted by atomic mass is 10.2. The molecule has 0 aliphatic heterocycles. The average Bonchev–Trinajstić information content (AvgIpc) is 1.83. The molecule has 3 nitrogen and oxygen atoms in total. The Kier molecular flexibility index (Phi) is 3.40. The van der Waals surface area contributed by atoms with Crippen LogP contribution in [0.5, 0.6) is 0 Å². The standard InChI is InChI=1S/C6H8O3/c1-5(4-7)2-3-6(8)9/h2-3H2,1H3,(H,8,9). The third kappa shape index (κ3) is 4.78. The number of aliphatic carboxylic acids is 1. The van der Waals surface area contributed by atoms with Gasteiger partial charge in [-0.15, -0.1) is 0 Å². The van der Waals surface area contributed by atoms with Crippen LogP contribution < -0.4 is 0 Å². The number of allylic oxidation sites excluding steroid dienone is 1. The van der Waals surface area contributed by atoms with Crippen molar-refractivity contribution < 1.29 is 14.7 Å². The second kappa shape index (κ2) is 3.87. The van der Waals surface area contributed by atoms with Gasteiger partial charge in [-0.05, 0) is 13.3 Å². The van der Waals surface area contributed by atoms with Crippen molar-refractivity contribution in [1.82, 2.24) is 0 Å². The monoisotopic (exact) mass is 128 g/mol. The minimum atomic E-state index is -0.885. The van der Waals surface area contributed by atoms with E-state index < -0.39 is 5.97 Å². The first-order valence-electron chi connectivity index (χ1n) is 2.59. The molecule has 0 aromatic heterocycles. The molecule has 0 aliphatic carbocycles. The van der Waals surface area contributed by atoms with Crippen LogP contribution in [0.15, 0.2) is 5.57 Å². The highest BCUT2D eigenvalue weighted by Crippen LogP contribution is 1.97. The molecular formula is C6H8O3. The van der Waals surface area contributed by atoms with Gasteiger partial charge in [0.05, 0.1) is 0 Å². The highest BCUT2D eigenvalue weighted by molar-refractivity contribution is 5.67. The summed E-state index contributed by atoms with van der Waals surface area (Å²) in [6, 6.07) is 0. The van der Waals surface area contributed by atoms with Gasteiger partial charge >= 0.3 is 5.97 Å². The van der Waals surface area contributed by atoms with Gasteiger partial charge < -0.3 is 5.11 Å². The fourth-order valence-corrected chi connectivity index (χ4v) is 0.345. The third-order valence-electron chi connectivity index (χ3n) is 0.888. The summed E-state index contributed by atoms with van der Waals surface area (Å²) in [6.45, 7) is 1.57. The molecule has 0 aromatic carbocycles. The topological polar surface area (TPSA) is 54.4 Å². The predicted molar refractivity (Wildman–Crippen MR) is 31.8 cm³/mol. The minimum Gasteiger partial charge on any atom is -0.481 e. The zero-order chi connectivity index (χ0) is 7.28. The Bertz CT molecular complexity index is 154. The molecule has 0 aromatic rings. The van der Waals surface area contributed by atoms with Crippen LogP contribution in [-0.4, -0.2) is 17.0 Å². The first-order valence-corrected chi connectivity index (χ1v) is 2.59. The summed E-state index contributed by atoms with van der Waals surface area (Å²) >= 11 is 0. The SMILES string of the molecule is CC(=C=O)CCC(=O)O. The van der Waals surface area contributed by atoms with Gasteiger partial charge in [0.1, 0.15) is 5.94 Å². The van der Waals surface area contributed by atoms with Crippen LogP contribution in [0.25, 0.3) is 0 Å². The Morgan fingerprint density at radius 2 is 2.11 bits per heavy atom. The van der Waals surface area contributed by atoms with Gasteiger partial charge in [0, 0.05) is 12.0 Å². The van der Waals surface area contributed by atoms with Crippen LogP contribution in [0.3, 0.4) is 0 Å². The van der Waals surface area contributed by atoms with Crippen molar-refractivity contribution in [3.8, 4) is 0 Å². The van der Waals surface area contributed by atoms with E-state index in [1.54, 1.807) is 12.9 Å². The lowest BCUT2D eigenvalue weighted by Gasteiger charge is -1.88. The molecule has 3 heteroatoms.